The molecule has 2 aromatic carbocycles. The van der Waals surface area contributed by atoms with E-state index >= 15 is 0 Å². The minimum atomic E-state index is -1.34. The van der Waals surface area contributed by atoms with Crippen molar-refractivity contribution in [2.24, 2.45) is 0 Å². The van der Waals surface area contributed by atoms with Crippen molar-refractivity contribution in [2.75, 3.05) is 11.9 Å². The molecule has 39 heavy (non-hydrogen) atoms. The SMILES string of the molecule is CCC(C)(C)N(C(=O)C(CO)NC(=O)OC(C)(C)C)C(C(=O)Nc1c(C)cccc1Cl)c1cc(C)ccc1C. The highest BCUT2D eigenvalue weighted by Crippen LogP contribution is 2.36. The van der Waals surface area contributed by atoms with Crippen LogP contribution in [0.15, 0.2) is 36.4 Å². The zero-order valence-corrected chi connectivity index (χ0v) is 25.2. The van der Waals surface area contributed by atoms with Crippen LogP contribution in [0.2, 0.25) is 5.02 Å². The van der Waals surface area contributed by atoms with E-state index in [1.807, 2.05) is 65.8 Å². The smallest absolute Gasteiger partial charge is 0.408 e. The molecule has 0 saturated heterocycles. The quantitative estimate of drug-likeness (QED) is 0.357. The first-order chi connectivity index (χ1) is 18.0. The number of aliphatic hydroxyl groups excluding tert-OH is 1. The summed E-state index contributed by atoms with van der Waals surface area (Å²) in [5, 5.41) is 16.0. The Labute approximate surface area is 237 Å². The Kier molecular flexibility index (Phi) is 10.6. The van der Waals surface area contributed by atoms with Crippen LogP contribution in [0.5, 0.6) is 0 Å². The van der Waals surface area contributed by atoms with Gasteiger partial charge in [-0.2, -0.15) is 0 Å². The second-order valence-electron chi connectivity index (χ2n) is 11.4. The van der Waals surface area contributed by atoms with Crippen molar-refractivity contribution in [3.05, 3.63) is 63.7 Å². The minimum Gasteiger partial charge on any atom is -0.444 e. The number of carbonyl (C=O) groups excluding carboxylic acids is 3. The van der Waals surface area contributed by atoms with E-state index in [9.17, 15) is 19.5 Å². The molecule has 0 spiro atoms. The monoisotopic (exact) mass is 559 g/mol. The number of nitrogens with one attached hydrogen (secondary N) is 2. The van der Waals surface area contributed by atoms with Crippen LogP contribution >= 0.6 is 11.6 Å². The number of halogens is 1. The zero-order chi connectivity index (χ0) is 29.7. The van der Waals surface area contributed by atoms with Crippen LogP contribution in [0.3, 0.4) is 0 Å². The van der Waals surface area contributed by atoms with Gasteiger partial charge < -0.3 is 25.4 Å². The molecule has 0 aliphatic heterocycles. The average molecular weight is 560 g/mol. The van der Waals surface area contributed by atoms with Gasteiger partial charge in [0, 0.05) is 5.54 Å². The summed E-state index contributed by atoms with van der Waals surface area (Å²) in [6.07, 6.45) is -0.355. The molecule has 2 unspecified atom stereocenters. The third-order valence-electron chi connectivity index (χ3n) is 6.63. The van der Waals surface area contributed by atoms with Crippen LogP contribution in [-0.4, -0.2) is 51.7 Å². The van der Waals surface area contributed by atoms with Crippen molar-refractivity contribution in [1.29, 1.82) is 0 Å². The van der Waals surface area contributed by atoms with Gasteiger partial charge in [0.2, 0.25) is 5.91 Å². The van der Waals surface area contributed by atoms with E-state index in [2.05, 4.69) is 10.6 Å². The van der Waals surface area contributed by atoms with Crippen LogP contribution in [0.25, 0.3) is 0 Å². The minimum absolute atomic E-state index is 0.371. The number of nitrogens with zero attached hydrogens (tertiary/aromatic N) is 1. The van der Waals surface area contributed by atoms with Crippen molar-refractivity contribution in [3.63, 3.8) is 0 Å². The predicted octanol–water partition coefficient (Wildman–Crippen LogP) is 5.85. The number of alkyl carbamates (subject to hydrolysis) is 1. The summed E-state index contributed by atoms with van der Waals surface area (Å²) < 4.78 is 5.32. The maximum absolute atomic E-state index is 14.2. The van der Waals surface area contributed by atoms with E-state index in [-0.39, 0.29) is 0 Å². The van der Waals surface area contributed by atoms with Crippen molar-refractivity contribution in [3.8, 4) is 0 Å². The van der Waals surface area contributed by atoms with Gasteiger partial charge in [-0.1, -0.05) is 54.4 Å². The van der Waals surface area contributed by atoms with Crippen LogP contribution in [0, 0.1) is 20.8 Å². The van der Waals surface area contributed by atoms with Crippen molar-refractivity contribution < 1.29 is 24.2 Å². The molecule has 3 amide bonds. The highest BCUT2D eigenvalue weighted by Gasteiger charge is 2.43. The van der Waals surface area contributed by atoms with Crippen molar-refractivity contribution >= 4 is 35.2 Å². The van der Waals surface area contributed by atoms with Crippen molar-refractivity contribution in [1.82, 2.24) is 10.2 Å². The fraction of sp³-hybridized carbons (Fsp3) is 0.500. The molecule has 0 heterocycles. The van der Waals surface area contributed by atoms with Gasteiger partial charge in [-0.15, -0.1) is 0 Å². The van der Waals surface area contributed by atoms with E-state index in [4.69, 9.17) is 16.3 Å². The highest BCUT2D eigenvalue weighted by molar-refractivity contribution is 6.34. The lowest BCUT2D eigenvalue weighted by Crippen LogP contribution is -2.59. The molecule has 0 fully saturated rings. The zero-order valence-electron chi connectivity index (χ0n) is 24.4. The molecule has 2 rings (SSSR count). The number of anilines is 1. The summed E-state index contributed by atoms with van der Waals surface area (Å²) in [4.78, 5) is 42.4. The number of hydrogen-bond donors (Lipinski definition) is 3. The third kappa shape index (κ3) is 8.19. The number of carbonyl (C=O) groups is 3. The lowest BCUT2D eigenvalue weighted by atomic mass is 9.89. The molecular formula is C30H42ClN3O5. The van der Waals surface area contributed by atoms with Gasteiger partial charge in [0.05, 0.1) is 17.3 Å². The third-order valence-corrected chi connectivity index (χ3v) is 6.95. The Hall–Kier alpha value is -3.10. The lowest BCUT2D eigenvalue weighted by molar-refractivity contribution is -0.148. The van der Waals surface area contributed by atoms with Crippen LogP contribution in [0.4, 0.5) is 10.5 Å². The Bertz CT molecular complexity index is 1190. The van der Waals surface area contributed by atoms with Crippen molar-refractivity contribution in [2.45, 2.75) is 92.0 Å². The summed E-state index contributed by atoms with van der Waals surface area (Å²) in [5.74, 6) is -1.09. The molecular weight excluding hydrogens is 518 g/mol. The van der Waals surface area contributed by atoms with Crippen LogP contribution < -0.4 is 10.6 Å². The summed E-state index contributed by atoms with van der Waals surface area (Å²) in [6.45, 7) is 15.6. The van der Waals surface area contributed by atoms with Gasteiger partial charge in [-0.25, -0.2) is 4.79 Å². The summed E-state index contributed by atoms with van der Waals surface area (Å²) in [6, 6.07) is 8.58. The number of rotatable bonds is 9. The normalized spacial score (nSPS) is 13.3. The molecule has 0 aromatic heterocycles. The van der Waals surface area contributed by atoms with Gasteiger partial charge in [0.1, 0.15) is 17.7 Å². The largest absolute Gasteiger partial charge is 0.444 e. The maximum atomic E-state index is 14.2. The van der Waals surface area contributed by atoms with Gasteiger partial charge in [-0.05, 0) is 84.6 Å². The van der Waals surface area contributed by atoms with E-state index in [0.29, 0.717) is 22.7 Å². The standard InChI is InChI=1S/C30H42ClN3O5/c1-10-30(8,9)34(27(37)23(17-35)32-28(38)39-29(5,6)7)25(21-16-18(2)14-15-19(21)3)26(36)33-24-20(4)12-11-13-22(24)31/h11-16,23,25,35H,10,17H2,1-9H3,(H,32,38)(H,33,36). The number of amides is 3. The Morgan fingerprint density at radius 3 is 2.21 bits per heavy atom. The Morgan fingerprint density at radius 2 is 1.67 bits per heavy atom. The fourth-order valence-corrected chi connectivity index (χ4v) is 4.45. The molecule has 0 aliphatic carbocycles. The van der Waals surface area contributed by atoms with Gasteiger partial charge in [0.15, 0.2) is 0 Å². The Balaban J connectivity index is 2.69. The Morgan fingerprint density at radius 1 is 1.03 bits per heavy atom. The van der Waals surface area contributed by atoms with Gasteiger partial charge >= 0.3 is 6.09 Å². The molecule has 9 heteroatoms. The molecule has 0 radical (unpaired) electrons. The fourth-order valence-electron chi connectivity index (χ4n) is 4.18. The second-order valence-corrected chi connectivity index (χ2v) is 11.8. The summed E-state index contributed by atoms with van der Waals surface area (Å²) >= 11 is 6.43. The highest BCUT2D eigenvalue weighted by atomic mass is 35.5. The van der Waals surface area contributed by atoms with E-state index in [1.165, 1.54) is 4.90 Å². The summed E-state index contributed by atoms with van der Waals surface area (Å²) in [5.41, 5.74) is 1.91. The van der Waals surface area contributed by atoms with Gasteiger partial charge in [0.25, 0.3) is 5.91 Å². The van der Waals surface area contributed by atoms with E-state index < -0.39 is 47.7 Å². The number of aryl methyl sites for hydroxylation is 3. The molecule has 0 saturated carbocycles. The second kappa shape index (κ2) is 12.8. The van der Waals surface area contributed by atoms with Gasteiger partial charge in [-0.3, -0.25) is 9.59 Å². The van der Waals surface area contributed by atoms with E-state index in [1.54, 1.807) is 32.9 Å². The lowest BCUT2D eigenvalue weighted by Gasteiger charge is -2.44. The molecule has 8 nitrogen and oxygen atoms in total. The molecule has 2 atom stereocenters. The van der Waals surface area contributed by atoms with Crippen LogP contribution in [-0.2, 0) is 14.3 Å². The number of ether oxygens (including phenoxy) is 1. The average Bonchev–Trinajstić information content (AvgIpc) is 2.83. The van der Waals surface area contributed by atoms with Crippen LogP contribution in [0.1, 0.15) is 76.3 Å². The first-order valence-corrected chi connectivity index (χ1v) is 13.5. The molecule has 2 aromatic rings. The summed E-state index contributed by atoms with van der Waals surface area (Å²) in [7, 11) is 0. The first-order valence-electron chi connectivity index (χ1n) is 13.1. The topological polar surface area (TPSA) is 108 Å². The van der Waals surface area contributed by atoms with E-state index in [0.717, 1.165) is 16.7 Å². The number of benzene rings is 2. The number of hydrogen-bond acceptors (Lipinski definition) is 5. The number of para-hydroxylation sites is 1. The maximum Gasteiger partial charge on any atom is 0.408 e. The molecule has 214 valence electrons. The molecule has 0 bridgehead atoms. The number of aliphatic hydroxyl groups is 1. The predicted molar refractivity (Wildman–Crippen MR) is 155 cm³/mol. The molecule has 0 aliphatic rings. The molecule has 3 N–H and O–H groups in total. The first kappa shape index (κ1) is 32.1.